The van der Waals surface area contributed by atoms with E-state index in [4.69, 9.17) is 14.2 Å². The van der Waals surface area contributed by atoms with Gasteiger partial charge in [-0.15, -0.1) is 0 Å². The van der Waals surface area contributed by atoms with Gasteiger partial charge in [-0.1, -0.05) is 19.9 Å². The Morgan fingerprint density at radius 2 is 2.08 bits per heavy atom. The van der Waals surface area contributed by atoms with Crippen LogP contribution in [0.4, 0.5) is 0 Å². The Morgan fingerprint density at radius 3 is 2.72 bits per heavy atom. The molecule has 0 aromatic rings. The smallest absolute Gasteiger partial charge is 0.309 e. The molecule has 4 atom stereocenters. The standard InChI is InChI=1S/C19H25NO5/c1-10(2)18(22)24-15(12(4)23-13(5)21)9-14-8-11(3)17-19(14)16(25-19)6-7-20-17/h8-10,12,15-16H,6-7H2,1-5H3/b14-9-. The maximum atomic E-state index is 12.1. The first-order chi connectivity index (χ1) is 11.8. The van der Waals surface area contributed by atoms with E-state index in [0.29, 0.717) is 0 Å². The highest BCUT2D eigenvalue weighted by molar-refractivity contribution is 6.15. The Hall–Kier alpha value is -1.95. The van der Waals surface area contributed by atoms with Crippen LogP contribution in [0.5, 0.6) is 0 Å². The third-order valence-corrected chi connectivity index (χ3v) is 4.79. The number of carbonyl (C=O) groups excluding carboxylic acids is 2. The summed E-state index contributed by atoms with van der Waals surface area (Å²) < 4.78 is 16.8. The van der Waals surface area contributed by atoms with Crippen molar-refractivity contribution >= 4 is 17.7 Å². The van der Waals surface area contributed by atoms with E-state index in [0.717, 1.165) is 29.8 Å². The summed E-state index contributed by atoms with van der Waals surface area (Å²) in [6.45, 7) is 9.39. The Labute approximate surface area is 147 Å². The number of rotatable bonds is 5. The van der Waals surface area contributed by atoms with Crippen LogP contribution in [0.1, 0.15) is 41.0 Å². The molecule has 0 N–H and O–H groups in total. The number of ether oxygens (including phenoxy) is 3. The summed E-state index contributed by atoms with van der Waals surface area (Å²) in [7, 11) is 0. The topological polar surface area (TPSA) is 77.5 Å². The van der Waals surface area contributed by atoms with E-state index in [2.05, 4.69) is 4.99 Å². The molecule has 25 heavy (non-hydrogen) atoms. The maximum absolute atomic E-state index is 12.1. The van der Waals surface area contributed by atoms with Crippen molar-refractivity contribution in [3.63, 3.8) is 0 Å². The third kappa shape index (κ3) is 3.15. The highest BCUT2D eigenvalue weighted by Crippen LogP contribution is 2.54. The van der Waals surface area contributed by atoms with Gasteiger partial charge in [-0.05, 0) is 37.5 Å². The van der Waals surface area contributed by atoms with Crippen molar-refractivity contribution in [1.29, 1.82) is 0 Å². The van der Waals surface area contributed by atoms with Crippen LogP contribution >= 0.6 is 0 Å². The number of esters is 2. The molecule has 136 valence electrons. The molecular formula is C19H25NO5. The van der Waals surface area contributed by atoms with Crippen molar-refractivity contribution in [2.45, 2.75) is 65.0 Å². The number of nitrogens with zero attached hydrogens (tertiary/aromatic N) is 1. The Kier molecular flexibility index (Phi) is 4.58. The van der Waals surface area contributed by atoms with Crippen molar-refractivity contribution in [3.05, 3.63) is 23.3 Å². The minimum atomic E-state index is -0.668. The SMILES string of the molecule is CC(=O)OC(C)C(/C=C1/C=C(C)C2=NCCC3OC213)OC(=O)C(C)C. The van der Waals surface area contributed by atoms with Crippen LogP contribution in [0.15, 0.2) is 28.3 Å². The number of aliphatic imine (C=N–C) groups is 1. The third-order valence-electron chi connectivity index (χ3n) is 4.79. The summed E-state index contributed by atoms with van der Waals surface area (Å²) in [6.07, 6.45) is 3.65. The van der Waals surface area contributed by atoms with E-state index in [1.807, 2.05) is 19.1 Å². The zero-order valence-electron chi connectivity index (χ0n) is 15.4. The van der Waals surface area contributed by atoms with Crippen LogP contribution in [-0.2, 0) is 23.8 Å². The average molecular weight is 347 g/mol. The second kappa shape index (κ2) is 6.41. The van der Waals surface area contributed by atoms with Gasteiger partial charge in [-0.2, -0.15) is 0 Å². The van der Waals surface area contributed by atoms with Gasteiger partial charge in [0.05, 0.1) is 11.6 Å². The summed E-state index contributed by atoms with van der Waals surface area (Å²) >= 11 is 0. The number of carbonyl (C=O) groups is 2. The average Bonchev–Trinajstić information content (AvgIpc) is 3.21. The van der Waals surface area contributed by atoms with Crippen LogP contribution in [0.25, 0.3) is 0 Å². The lowest BCUT2D eigenvalue weighted by Gasteiger charge is -2.23. The van der Waals surface area contributed by atoms with E-state index in [-0.39, 0.29) is 18.0 Å². The van der Waals surface area contributed by atoms with Crippen molar-refractivity contribution in [3.8, 4) is 0 Å². The summed E-state index contributed by atoms with van der Waals surface area (Å²) in [5, 5.41) is 0. The number of hydrogen-bond donors (Lipinski definition) is 0. The molecule has 1 aliphatic carbocycles. The monoisotopic (exact) mass is 347 g/mol. The van der Waals surface area contributed by atoms with Gasteiger partial charge in [0.15, 0.2) is 11.7 Å². The van der Waals surface area contributed by atoms with E-state index >= 15 is 0 Å². The van der Waals surface area contributed by atoms with Gasteiger partial charge in [0.1, 0.15) is 12.2 Å². The maximum Gasteiger partial charge on any atom is 0.309 e. The minimum absolute atomic E-state index is 0.130. The fraction of sp³-hybridized carbons (Fsp3) is 0.632. The lowest BCUT2D eigenvalue weighted by molar-refractivity contribution is -0.164. The van der Waals surface area contributed by atoms with Crippen LogP contribution in [0, 0.1) is 5.92 Å². The Balaban J connectivity index is 1.90. The molecule has 1 spiro atoms. The van der Waals surface area contributed by atoms with Crippen molar-refractivity contribution in [2.75, 3.05) is 6.54 Å². The van der Waals surface area contributed by atoms with Crippen LogP contribution < -0.4 is 0 Å². The Bertz CT molecular complexity index is 690. The van der Waals surface area contributed by atoms with Gasteiger partial charge in [0.2, 0.25) is 0 Å². The molecule has 4 unspecified atom stereocenters. The molecule has 6 heteroatoms. The fourth-order valence-corrected chi connectivity index (χ4v) is 3.50. The summed E-state index contributed by atoms with van der Waals surface area (Å²) in [6, 6.07) is 0. The second-order valence-corrected chi connectivity index (χ2v) is 7.18. The highest BCUT2D eigenvalue weighted by atomic mass is 16.6. The number of epoxide rings is 1. The second-order valence-electron chi connectivity index (χ2n) is 7.18. The first-order valence-electron chi connectivity index (χ1n) is 8.77. The van der Waals surface area contributed by atoms with Crippen molar-refractivity contribution in [2.24, 2.45) is 10.9 Å². The molecule has 0 saturated carbocycles. The molecule has 0 aromatic carbocycles. The minimum Gasteiger partial charge on any atom is -0.459 e. The first-order valence-corrected chi connectivity index (χ1v) is 8.77. The molecule has 3 rings (SSSR count). The van der Waals surface area contributed by atoms with Gasteiger partial charge < -0.3 is 14.2 Å². The summed E-state index contributed by atoms with van der Waals surface area (Å²) in [4.78, 5) is 28.0. The van der Waals surface area contributed by atoms with Crippen LogP contribution in [0.3, 0.4) is 0 Å². The molecule has 3 aliphatic rings. The molecule has 0 bridgehead atoms. The van der Waals surface area contributed by atoms with Crippen molar-refractivity contribution in [1.82, 2.24) is 0 Å². The number of hydrogen-bond acceptors (Lipinski definition) is 6. The van der Waals surface area contributed by atoms with Crippen LogP contribution in [-0.4, -0.2) is 48.1 Å². The quantitative estimate of drug-likeness (QED) is 0.564. The molecule has 1 saturated heterocycles. The molecule has 2 heterocycles. The molecule has 0 aromatic heterocycles. The van der Waals surface area contributed by atoms with Crippen molar-refractivity contribution < 1.29 is 23.8 Å². The molecule has 6 nitrogen and oxygen atoms in total. The van der Waals surface area contributed by atoms with Gasteiger partial charge in [-0.3, -0.25) is 14.6 Å². The molecular weight excluding hydrogens is 322 g/mol. The zero-order valence-corrected chi connectivity index (χ0v) is 15.4. The zero-order chi connectivity index (χ0) is 18.4. The first kappa shape index (κ1) is 17.9. The van der Waals surface area contributed by atoms with Gasteiger partial charge in [0, 0.05) is 13.5 Å². The molecule has 1 fully saturated rings. The van der Waals surface area contributed by atoms with Gasteiger partial charge >= 0.3 is 11.9 Å². The molecule has 0 radical (unpaired) electrons. The van der Waals surface area contributed by atoms with E-state index in [1.165, 1.54) is 6.92 Å². The lowest BCUT2D eigenvalue weighted by Crippen LogP contribution is -2.35. The summed E-state index contributed by atoms with van der Waals surface area (Å²) in [5.74, 6) is -1.00. The lowest BCUT2D eigenvalue weighted by atomic mass is 9.90. The van der Waals surface area contributed by atoms with E-state index in [9.17, 15) is 9.59 Å². The van der Waals surface area contributed by atoms with Crippen LogP contribution in [0.2, 0.25) is 0 Å². The molecule has 2 aliphatic heterocycles. The van der Waals surface area contributed by atoms with Gasteiger partial charge in [-0.25, -0.2) is 0 Å². The van der Waals surface area contributed by atoms with E-state index in [1.54, 1.807) is 20.8 Å². The summed E-state index contributed by atoms with van der Waals surface area (Å²) in [5.41, 5.74) is 2.50. The van der Waals surface area contributed by atoms with Gasteiger partial charge in [0.25, 0.3) is 0 Å². The largest absolute Gasteiger partial charge is 0.459 e. The highest BCUT2D eigenvalue weighted by Gasteiger charge is 2.65. The predicted octanol–water partition coefficient (Wildman–Crippen LogP) is 2.37. The predicted molar refractivity (Wildman–Crippen MR) is 92.3 cm³/mol. The fourth-order valence-electron chi connectivity index (χ4n) is 3.50. The Morgan fingerprint density at radius 1 is 1.36 bits per heavy atom. The normalized spacial score (nSPS) is 30.8. The van der Waals surface area contributed by atoms with E-state index < -0.39 is 23.8 Å². The molecule has 0 amide bonds.